The van der Waals surface area contributed by atoms with Crippen molar-refractivity contribution in [3.63, 3.8) is 0 Å². The van der Waals surface area contributed by atoms with Crippen LogP contribution in [0, 0.1) is 0 Å². The second kappa shape index (κ2) is 7.61. The molecule has 0 radical (unpaired) electrons. The molecule has 0 aliphatic carbocycles. The zero-order valence-electron chi connectivity index (χ0n) is 15.9. The maximum atomic E-state index is 11.5. The van der Waals surface area contributed by atoms with E-state index in [1.807, 2.05) is 18.2 Å². The van der Waals surface area contributed by atoms with Crippen molar-refractivity contribution < 1.29 is 19.4 Å². The Morgan fingerprint density at radius 1 is 1.11 bits per heavy atom. The molecule has 0 unspecified atom stereocenters. The fraction of sp³-hybridized carbons (Fsp3) is 0.500. The maximum Gasteiger partial charge on any atom is 0.407 e. The van der Waals surface area contributed by atoms with Crippen LogP contribution < -0.4 is 4.74 Å². The Balaban J connectivity index is 1.49. The summed E-state index contributed by atoms with van der Waals surface area (Å²) >= 11 is 0. The number of piperidine rings is 1. The number of aromatic nitrogens is 2. The summed E-state index contributed by atoms with van der Waals surface area (Å²) in [6, 6.07) is 5.84. The number of ether oxygens (including phenoxy) is 1. The molecule has 2 amide bonds. The summed E-state index contributed by atoms with van der Waals surface area (Å²) in [5, 5.41) is 10.1. The first-order chi connectivity index (χ1) is 13.5. The van der Waals surface area contributed by atoms with Gasteiger partial charge in [-0.25, -0.2) is 14.8 Å². The van der Waals surface area contributed by atoms with E-state index in [2.05, 4.69) is 9.97 Å². The van der Waals surface area contributed by atoms with Gasteiger partial charge in [-0.15, -0.1) is 0 Å². The van der Waals surface area contributed by atoms with Crippen molar-refractivity contribution in [2.24, 2.45) is 0 Å². The van der Waals surface area contributed by atoms with Crippen LogP contribution in [0.5, 0.6) is 5.75 Å². The van der Waals surface area contributed by atoms with E-state index in [4.69, 9.17) is 9.84 Å². The zero-order valence-corrected chi connectivity index (χ0v) is 15.9. The third-order valence-electron chi connectivity index (χ3n) is 5.68. The molecule has 0 saturated carbocycles. The largest absolute Gasteiger partial charge is 0.488 e. The van der Waals surface area contributed by atoms with Gasteiger partial charge in [0.05, 0.1) is 17.8 Å². The van der Waals surface area contributed by atoms with E-state index in [9.17, 15) is 9.59 Å². The van der Waals surface area contributed by atoms with Gasteiger partial charge in [-0.1, -0.05) is 0 Å². The molecule has 1 aromatic carbocycles. The number of hydrogen-bond acceptors (Lipinski definition) is 5. The number of nitrogens with zero attached hydrogens (tertiary/aromatic N) is 4. The summed E-state index contributed by atoms with van der Waals surface area (Å²) in [6.07, 6.45) is 3.07. The summed E-state index contributed by atoms with van der Waals surface area (Å²) in [6.45, 7) is 3.99. The molecule has 4 rings (SSSR count). The van der Waals surface area contributed by atoms with Crippen LogP contribution in [0.4, 0.5) is 4.79 Å². The van der Waals surface area contributed by atoms with Crippen molar-refractivity contribution in [3.05, 3.63) is 30.2 Å². The molecular weight excluding hydrogens is 360 g/mol. The van der Waals surface area contributed by atoms with Gasteiger partial charge in [0, 0.05) is 50.3 Å². The summed E-state index contributed by atoms with van der Waals surface area (Å²) in [4.78, 5) is 34.7. The van der Waals surface area contributed by atoms with Gasteiger partial charge in [0.25, 0.3) is 0 Å². The zero-order chi connectivity index (χ0) is 19.7. The molecule has 2 aromatic rings. The van der Waals surface area contributed by atoms with Gasteiger partial charge in [0.2, 0.25) is 5.91 Å². The van der Waals surface area contributed by atoms with Crippen LogP contribution in [-0.4, -0.2) is 69.2 Å². The smallest absolute Gasteiger partial charge is 0.407 e. The fourth-order valence-electron chi connectivity index (χ4n) is 4.10. The molecule has 8 heteroatoms. The number of hydrogen-bond donors (Lipinski definition) is 1. The first-order valence-electron chi connectivity index (χ1n) is 9.66. The minimum Gasteiger partial charge on any atom is -0.488 e. The minimum atomic E-state index is -0.858. The van der Waals surface area contributed by atoms with Crippen LogP contribution >= 0.6 is 0 Å². The van der Waals surface area contributed by atoms with Crippen molar-refractivity contribution in [2.45, 2.75) is 38.2 Å². The molecule has 2 aliphatic heterocycles. The standard InChI is InChI=1S/C20H24N4O4/c1-13(25)24-9-6-16(11-24)28-15-2-3-17-18(10-15)21-12-22-19(17)14-4-7-23(8-5-14)20(26)27/h2-3,10,12,14,16H,4-9,11H2,1H3,(H,26,27)/t16-/m1/s1. The number of carbonyl (C=O) groups is 2. The molecule has 2 fully saturated rings. The van der Waals surface area contributed by atoms with E-state index in [1.165, 1.54) is 4.90 Å². The topological polar surface area (TPSA) is 95.9 Å². The predicted octanol–water partition coefficient (Wildman–Crippen LogP) is 2.49. The third-order valence-corrected chi connectivity index (χ3v) is 5.68. The molecule has 1 N–H and O–H groups in total. The second-order valence-corrected chi connectivity index (χ2v) is 7.48. The van der Waals surface area contributed by atoms with Crippen LogP contribution in [0.1, 0.15) is 37.8 Å². The van der Waals surface area contributed by atoms with E-state index in [0.717, 1.165) is 48.2 Å². The minimum absolute atomic E-state index is 0.00278. The molecule has 2 aliphatic rings. The van der Waals surface area contributed by atoms with Crippen LogP contribution in [0.3, 0.4) is 0 Å². The molecule has 28 heavy (non-hydrogen) atoms. The van der Waals surface area contributed by atoms with Gasteiger partial charge < -0.3 is 19.6 Å². The predicted molar refractivity (Wildman–Crippen MR) is 102 cm³/mol. The van der Waals surface area contributed by atoms with E-state index in [0.29, 0.717) is 19.6 Å². The highest BCUT2D eigenvalue weighted by molar-refractivity contribution is 5.82. The Morgan fingerprint density at radius 2 is 1.86 bits per heavy atom. The van der Waals surface area contributed by atoms with Crippen LogP contribution in [-0.2, 0) is 4.79 Å². The van der Waals surface area contributed by atoms with Crippen molar-refractivity contribution >= 4 is 22.9 Å². The molecule has 8 nitrogen and oxygen atoms in total. The number of amides is 2. The van der Waals surface area contributed by atoms with Crippen LogP contribution in [0.25, 0.3) is 10.9 Å². The normalized spacial score (nSPS) is 20.5. The number of benzene rings is 1. The van der Waals surface area contributed by atoms with Gasteiger partial charge in [-0.05, 0) is 25.0 Å². The van der Waals surface area contributed by atoms with Gasteiger partial charge in [0.1, 0.15) is 18.2 Å². The molecule has 3 heterocycles. The summed E-state index contributed by atoms with van der Waals surface area (Å²) in [7, 11) is 0. The Morgan fingerprint density at radius 3 is 2.54 bits per heavy atom. The number of carbonyl (C=O) groups excluding carboxylic acids is 1. The lowest BCUT2D eigenvalue weighted by Gasteiger charge is -2.30. The quantitative estimate of drug-likeness (QED) is 0.873. The Hall–Kier alpha value is -2.90. The molecular formula is C20H24N4O4. The SMILES string of the molecule is CC(=O)N1CC[C@@H](Oc2ccc3c(C4CCN(C(=O)O)CC4)ncnc3c2)C1. The van der Waals surface area contributed by atoms with Crippen LogP contribution in [0.15, 0.2) is 24.5 Å². The highest BCUT2D eigenvalue weighted by Gasteiger charge is 2.27. The van der Waals surface area contributed by atoms with E-state index in [-0.39, 0.29) is 17.9 Å². The lowest BCUT2D eigenvalue weighted by Crippen LogP contribution is -2.37. The van der Waals surface area contributed by atoms with Crippen molar-refractivity contribution in [3.8, 4) is 5.75 Å². The Bertz CT molecular complexity index is 895. The highest BCUT2D eigenvalue weighted by Crippen LogP contribution is 2.32. The molecule has 148 valence electrons. The van der Waals surface area contributed by atoms with Gasteiger partial charge in [0.15, 0.2) is 0 Å². The molecule has 2 saturated heterocycles. The maximum absolute atomic E-state index is 11.5. The van der Waals surface area contributed by atoms with Crippen molar-refractivity contribution in [2.75, 3.05) is 26.2 Å². The Kier molecular flexibility index (Phi) is 5.02. The van der Waals surface area contributed by atoms with E-state index >= 15 is 0 Å². The molecule has 1 atom stereocenters. The lowest BCUT2D eigenvalue weighted by molar-refractivity contribution is -0.128. The third kappa shape index (κ3) is 3.72. The average Bonchev–Trinajstić information content (AvgIpc) is 3.16. The van der Waals surface area contributed by atoms with Gasteiger partial charge in [-0.2, -0.15) is 0 Å². The van der Waals surface area contributed by atoms with Crippen molar-refractivity contribution in [1.82, 2.24) is 19.8 Å². The summed E-state index contributed by atoms with van der Waals surface area (Å²) in [5.74, 6) is 1.05. The summed E-state index contributed by atoms with van der Waals surface area (Å²) in [5.41, 5.74) is 1.80. The number of rotatable bonds is 3. The van der Waals surface area contributed by atoms with Crippen molar-refractivity contribution in [1.29, 1.82) is 0 Å². The lowest BCUT2D eigenvalue weighted by atomic mass is 9.91. The summed E-state index contributed by atoms with van der Waals surface area (Å²) < 4.78 is 6.06. The van der Waals surface area contributed by atoms with Crippen LogP contribution in [0.2, 0.25) is 0 Å². The highest BCUT2D eigenvalue weighted by atomic mass is 16.5. The number of fused-ring (bicyclic) bond motifs is 1. The Labute approximate surface area is 163 Å². The first kappa shape index (κ1) is 18.5. The monoisotopic (exact) mass is 384 g/mol. The van der Waals surface area contributed by atoms with Gasteiger partial charge in [-0.3, -0.25) is 4.79 Å². The first-order valence-corrected chi connectivity index (χ1v) is 9.66. The van der Waals surface area contributed by atoms with E-state index < -0.39 is 6.09 Å². The number of carboxylic acid groups (broad SMARTS) is 1. The fourth-order valence-corrected chi connectivity index (χ4v) is 4.10. The average molecular weight is 384 g/mol. The van der Waals surface area contributed by atoms with Gasteiger partial charge >= 0.3 is 6.09 Å². The molecule has 0 bridgehead atoms. The molecule has 1 aromatic heterocycles. The number of likely N-dealkylation sites (tertiary alicyclic amines) is 2. The molecule has 0 spiro atoms. The van der Waals surface area contributed by atoms with E-state index in [1.54, 1.807) is 18.2 Å². The second-order valence-electron chi connectivity index (χ2n) is 7.48.